The van der Waals surface area contributed by atoms with Crippen molar-refractivity contribution in [3.8, 4) is 0 Å². The molecule has 1 fully saturated rings. The highest BCUT2D eigenvalue weighted by Crippen LogP contribution is 2.48. The van der Waals surface area contributed by atoms with Gasteiger partial charge >= 0.3 is 5.69 Å². The minimum absolute atomic E-state index is 0.0579. The third-order valence-electron chi connectivity index (χ3n) is 3.55. The summed E-state index contributed by atoms with van der Waals surface area (Å²) in [6.07, 6.45) is 3.52. The molecule has 0 amide bonds. The summed E-state index contributed by atoms with van der Waals surface area (Å²) in [5, 5.41) is 14.0. The third kappa shape index (κ3) is 2.54. The number of rotatable bonds is 5. The van der Waals surface area contributed by atoms with Crippen LogP contribution in [0.3, 0.4) is 0 Å². The van der Waals surface area contributed by atoms with E-state index < -0.39 is 0 Å². The molecule has 1 aliphatic rings. The molecule has 0 unspecified atom stereocenters. The van der Waals surface area contributed by atoms with Gasteiger partial charge in [-0.05, 0) is 37.7 Å². The highest BCUT2D eigenvalue weighted by molar-refractivity contribution is 5.56. The Morgan fingerprint density at radius 2 is 2.24 bits per heavy atom. The Morgan fingerprint density at radius 1 is 1.53 bits per heavy atom. The molecule has 1 aromatic rings. The summed E-state index contributed by atoms with van der Waals surface area (Å²) in [7, 11) is 0. The molecule has 5 nitrogen and oxygen atoms in total. The van der Waals surface area contributed by atoms with Gasteiger partial charge in [0.1, 0.15) is 0 Å². The van der Waals surface area contributed by atoms with E-state index in [1.165, 1.54) is 18.9 Å². The summed E-state index contributed by atoms with van der Waals surface area (Å²) in [5.41, 5.74) is 1.20. The van der Waals surface area contributed by atoms with Crippen LogP contribution in [0.1, 0.15) is 31.9 Å². The standard InChI is InChI=1S/C12H17N3O2/c1-3-12(6-7-12)8-13-11-10(15(16)17)5-4-9(2)14-11/h4-5H,3,6-8H2,1-2H3,(H,13,14). The van der Waals surface area contributed by atoms with Crippen molar-refractivity contribution in [1.29, 1.82) is 0 Å². The van der Waals surface area contributed by atoms with Crippen LogP contribution in [0, 0.1) is 22.5 Å². The van der Waals surface area contributed by atoms with Crippen LogP contribution in [0.4, 0.5) is 11.5 Å². The molecule has 1 aromatic heterocycles. The van der Waals surface area contributed by atoms with Crippen molar-refractivity contribution in [2.45, 2.75) is 33.1 Å². The normalized spacial score (nSPS) is 16.6. The second-order valence-electron chi connectivity index (χ2n) is 4.78. The lowest BCUT2D eigenvalue weighted by atomic mass is 10.0. The molecule has 0 aromatic carbocycles. The van der Waals surface area contributed by atoms with E-state index >= 15 is 0 Å². The van der Waals surface area contributed by atoms with Crippen molar-refractivity contribution >= 4 is 11.5 Å². The summed E-state index contributed by atoms with van der Waals surface area (Å²) < 4.78 is 0. The number of nitrogens with one attached hydrogen (secondary N) is 1. The van der Waals surface area contributed by atoms with Crippen LogP contribution in [-0.4, -0.2) is 16.5 Å². The monoisotopic (exact) mass is 235 g/mol. The Labute approximate surface area is 100 Å². The molecule has 0 aliphatic heterocycles. The lowest BCUT2D eigenvalue weighted by Gasteiger charge is -2.14. The van der Waals surface area contributed by atoms with Crippen LogP contribution in [-0.2, 0) is 0 Å². The second kappa shape index (κ2) is 4.31. The van der Waals surface area contributed by atoms with E-state index in [9.17, 15) is 10.1 Å². The Morgan fingerprint density at radius 3 is 2.76 bits per heavy atom. The number of nitrogens with zero attached hydrogens (tertiary/aromatic N) is 2. The minimum Gasteiger partial charge on any atom is -0.364 e. The molecule has 17 heavy (non-hydrogen) atoms. The van der Waals surface area contributed by atoms with Crippen molar-refractivity contribution in [1.82, 2.24) is 4.98 Å². The molecule has 0 radical (unpaired) electrons. The van der Waals surface area contributed by atoms with Crippen LogP contribution in [0.2, 0.25) is 0 Å². The van der Waals surface area contributed by atoms with Gasteiger partial charge in [0.05, 0.1) is 4.92 Å². The van der Waals surface area contributed by atoms with Gasteiger partial charge in [-0.15, -0.1) is 0 Å². The number of aryl methyl sites for hydroxylation is 1. The molecule has 1 aliphatic carbocycles. The van der Waals surface area contributed by atoms with Crippen molar-refractivity contribution < 1.29 is 4.92 Å². The maximum atomic E-state index is 10.9. The van der Waals surface area contributed by atoms with Gasteiger partial charge < -0.3 is 5.32 Å². The zero-order chi connectivity index (χ0) is 12.5. The van der Waals surface area contributed by atoms with E-state index in [4.69, 9.17) is 0 Å². The van der Waals surface area contributed by atoms with Crippen LogP contribution < -0.4 is 5.32 Å². The van der Waals surface area contributed by atoms with Crippen molar-refractivity contribution in [3.05, 3.63) is 27.9 Å². The van der Waals surface area contributed by atoms with Crippen molar-refractivity contribution in [3.63, 3.8) is 0 Å². The Balaban J connectivity index is 2.13. The van der Waals surface area contributed by atoms with Gasteiger partial charge in [0.2, 0.25) is 5.82 Å². The fourth-order valence-corrected chi connectivity index (χ4v) is 1.93. The number of hydrogen-bond acceptors (Lipinski definition) is 4. The zero-order valence-electron chi connectivity index (χ0n) is 10.2. The molecule has 1 heterocycles. The van der Waals surface area contributed by atoms with Gasteiger partial charge in [-0.25, -0.2) is 4.98 Å². The molecule has 92 valence electrons. The first-order valence-corrected chi connectivity index (χ1v) is 5.92. The molecule has 0 spiro atoms. The average molecular weight is 235 g/mol. The zero-order valence-corrected chi connectivity index (χ0v) is 10.2. The van der Waals surface area contributed by atoms with E-state index in [2.05, 4.69) is 17.2 Å². The van der Waals surface area contributed by atoms with E-state index in [0.717, 1.165) is 18.7 Å². The minimum atomic E-state index is -0.389. The molecule has 0 bridgehead atoms. The first-order valence-electron chi connectivity index (χ1n) is 5.92. The Hall–Kier alpha value is -1.65. The fourth-order valence-electron chi connectivity index (χ4n) is 1.93. The predicted molar refractivity (Wildman–Crippen MR) is 66.1 cm³/mol. The smallest absolute Gasteiger partial charge is 0.311 e. The van der Waals surface area contributed by atoms with E-state index in [1.54, 1.807) is 6.07 Å². The van der Waals surface area contributed by atoms with Gasteiger partial charge in [0, 0.05) is 18.3 Å². The van der Waals surface area contributed by atoms with Crippen LogP contribution in [0.15, 0.2) is 12.1 Å². The van der Waals surface area contributed by atoms with Gasteiger partial charge in [-0.3, -0.25) is 10.1 Å². The summed E-state index contributed by atoms with van der Waals surface area (Å²) in [6.45, 7) is 4.77. The molecule has 1 N–H and O–H groups in total. The maximum absolute atomic E-state index is 10.9. The maximum Gasteiger partial charge on any atom is 0.311 e. The molecule has 2 rings (SSSR count). The second-order valence-corrected chi connectivity index (χ2v) is 4.78. The first-order chi connectivity index (χ1) is 8.06. The average Bonchev–Trinajstić information content (AvgIpc) is 3.07. The molecule has 0 atom stereocenters. The lowest BCUT2D eigenvalue weighted by molar-refractivity contribution is -0.384. The van der Waals surface area contributed by atoms with Crippen molar-refractivity contribution in [2.75, 3.05) is 11.9 Å². The van der Waals surface area contributed by atoms with E-state index in [0.29, 0.717) is 11.2 Å². The van der Waals surface area contributed by atoms with Crippen LogP contribution in [0.5, 0.6) is 0 Å². The summed E-state index contributed by atoms with van der Waals surface area (Å²) in [4.78, 5) is 14.7. The SMILES string of the molecule is CCC1(CNc2nc(C)ccc2[N+](=O)[O-])CC1. The number of anilines is 1. The van der Waals surface area contributed by atoms with Crippen LogP contribution >= 0.6 is 0 Å². The highest BCUT2D eigenvalue weighted by atomic mass is 16.6. The number of hydrogen-bond donors (Lipinski definition) is 1. The van der Waals surface area contributed by atoms with Crippen molar-refractivity contribution in [2.24, 2.45) is 5.41 Å². The number of nitro groups is 1. The van der Waals surface area contributed by atoms with E-state index in [1.807, 2.05) is 6.92 Å². The third-order valence-corrected chi connectivity index (χ3v) is 3.55. The summed E-state index contributed by atoms with van der Waals surface area (Å²) in [6, 6.07) is 3.17. The highest BCUT2D eigenvalue weighted by Gasteiger charge is 2.40. The molecule has 5 heteroatoms. The quantitative estimate of drug-likeness (QED) is 0.629. The Kier molecular flexibility index (Phi) is 3.00. The molecule has 1 saturated carbocycles. The number of aromatic nitrogens is 1. The molecular weight excluding hydrogens is 218 g/mol. The Bertz CT molecular complexity index is 441. The topological polar surface area (TPSA) is 68.1 Å². The molecular formula is C12H17N3O2. The fraction of sp³-hybridized carbons (Fsp3) is 0.583. The largest absolute Gasteiger partial charge is 0.364 e. The van der Waals surface area contributed by atoms with Gasteiger partial charge in [0.25, 0.3) is 0 Å². The summed E-state index contributed by atoms with van der Waals surface area (Å²) in [5.74, 6) is 0.398. The molecule has 0 saturated heterocycles. The van der Waals surface area contributed by atoms with E-state index in [-0.39, 0.29) is 10.6 Å². The summed E-state index contributed by atoms with van der Waals surface area (Å²) >= 11 is 0. The predicted octanol–water partition coefficient (Wildman–Crippen LogP) is 2.90. The van der Waals surface area contributed by atoms with Crippen LogP contribution in [0.25, 0.3) is 0 Å². The first kappa shape index (κ1) is 11.8. The lowest BCUT2D eigenvalue weighted by Crippen LogP contribution is -2.16. The van der Waals surface area contributed by atoms with Gasteiger partial charge in [-0.2, -0.15) is 0 Å². The van der Waals surface area contributed by atoms with Gasteiger partial charge in [0.15, 0.2) is 0 Å². The van der Waals surface area contributed by atoms with Gasteiger partial charge in [-0.1, -0.05) is 6.92 Å². The number of pyridine rings is 1.